The topological polar surface area (TPSA) is 109 Å². The molecule has 3 rings (SSSR count). The zero-order valence-corrected chi connectivity index (χ0v) is 16.9. The molecular formula is C21H21N5O2S. The molecule has 0 aliphatic rings. The summed E-state index contributed by atoms with van der Waals surface area (Å²) in [7, 11) is 0. The number of hydrogen-bond acceptors (Lipinski definition) is 7. The van der Waals surface area contributed by atoms with E-state index in [0.717, 1.165) is 16.9 Å². The van der Waals surface area contributed by atoms with Crippen molar-refractivity contribution in [2.75, 3.05) is 11.5 Å². The maximum atomic E-state index is 13.0. The summed E-state index contributed by atoms with van der Waals surface area (Å²) in [6, 6.07) is 17.3. The molecule has 148 valence electrons. The van der Waals surface area contributed by atoms with Crippen LogP contribution in [0.4, 0.5) is 6.01 Å². The van der Waals surface area contributed by atoms with Crippen molar-refractivity contribution in [2.24, 2.45) is 0 Å². The van der Waals surface area contributed by atoms with Crippen LogP contribution in [0.15, 0.2) is 57.8 Å². The highest BCUT2D eigenvalue weighted by Crippen LogP contribution is 2.24. The second-order valence-corrected chi connectivity index (χ2v) is 7.36. The van der Waals surface area contributed by atoms with Crippen LogP contribution in [0.3, 0.4) is 0 Å². The van der Waals surface area contributed by atoms with E-state index in [-0.39, 0.29) is 30.1 Å². The Balaban J connectivity index is 1.73. The van der Waals surface area contributed by atoms with Crippen molar-refractivity contribution in [1.29, 1.82) is 5.26 Å². The van der Waals surface area contributed by atoms with Gasteiger partial charge in [0.2, 0.25) is 11.8 Å². The number of nitrogens with zero attached hydrogens (tertiary/aromatic N) is 4. The Labute approximate surface area is 173 Å². The first-order chi connectivity index (χ1) is 14.1. The van der Waals surface area contributed by atoms with E-state index in [0.29, 0.717) is 12.1 Å². The summed E-state index contributed by atoms with van der Waals surface area (Å²) in [5, 5.41) is 16.5. The molecule has 2 aromatic carbocycles. The van der Waals surface area contributed by atoms with Gasteiger partial charge in [-0.25, -0.2) is 0 Å². The third-order valence-corrected chi connectivity index (χ3v) is 5.42. The number of nitrogen functional groups attached to an aromatic ring is 1. The average Bonchev–Trinajstić information content (AvgIpc) is 3.16. The monoisotopic (exact) mass is 407 g/mol. The van der Waals surface area contributed by atoms with Gasteiger partial charge in [0.1, 0.15) is 0 Å². The number of hydrogen-bond donors (Lipinski definition) is 1. The number of benzene rings is 2. The van der Waals surface area contributed by atoms with Crippen LogP contribution in [0, 0.1) is 11.3 Å². The number of rotatable bonds is 8. The van der Waals surface area contributed by atoms with Gasteiger partial charge in [0.25, 0.3) is 0 Å². The highest BCUT2D eigenvalue weighted by atomic mass is 32.2. The van der Waals surface area contributed by atoms with Crippen molar-refractivity contribution in [3.63, 3.8) is 0 Å². The van der Waals surface area contributed by atoms with E-state index in [1.165, 1.54) is 17.3 Å². The third-order valence-electron chi connectivity index (χ3n) is 4.32. The van der Waals surface area contributed by atoms with E-state index in [4.69, 9.17) is 15.4 Å². The first kappa shape index (κ1) is 20.4. The van der Waals surface area contributed by atoms with Gasteiger partial charge in [-0.3, -0.25) is 4.79 Å². The zero-order chi connectivity index (χ0) is 20.6. The molecular weight excluding hydrogens is 386 g/mol. The lowest BCUT2D eigenvalue weighted by Gasteiger charge is -2.21. The van der Waals surface area contributed by atoms with Crippen LogP contribution >= 0.6 is 11.8 Å². The normalized spacial score (nSPS) is 10.5. The number of carbonyl (C=O) groups excluding carboxylic acids is 1. The fourth-order valence-electron chi connectivity index (χ4n) is 2.80. The first-order valence-corrected chi connectivity index (χ1v) is 10.1. The summed E-state index contributed by atoms with van der Waals surface area (Å²) in [5.74, 6) is 0.516. The van der Waals surface area contributed by atoms with Crippen molar-refractivity contribution in [3.05, 3.63) is 71.1 Å². The van der Waals surface area contributed by atoms with Crippen molar-refractivity contribution in [3.8, 4) is 6.07 Å². The fraction of sp³-hybridized carbons (Fsp3) is 0.238. The molecule has 0 saturated carbocycles. The maximum absolute atomic E-state index is 13.0. The second-order valence-electron chi connectivity index (χ2n) is 6.34. The molecule has 0 fully saturated rings. The average molecular weight is 407 g/mol. The molecule has 0 aliphatic carbocycles. The van der Waals surface area contributed by atoms with Gasteiger partial charge in [-0.05, 0) is 35.7 Å². The Kier molecular flexibility index (Phi) is 6.87. The predicted molar refractivity (Wildman–Crippen MR) is 111 cm³/mol. The number of nitrogens with two attached hydrogens (primary N) is 1. The lowest BCUT2D eigenvalue weighted by molar-refractivity contribution is -0.129. The van der Waals surface area contributed by atoms with Crippen LogP contribution in [-0.4, -0.2) is 26.8 Å². The highest BCUT2D eigenvalue weighted by Gasteiger charge is 2.18. The summed E-state index contributed by atoms with van der Waals surface area (Å²) in [6.07, 6.45) is 0.910. The zero-order valence-electron chi connectivity index (χ0n) is 16.0. The van der Waals surface area contributed by atoms with Crippen LogP contribution in [0.5, 0.6) is 0 Å². The molecule has 1 aromatic heterocycles. The van der Waals surface area contributed by atoms with E-state index in [1.807, 2.05) is 30.3 Å². The molecule has 1 heterocycles. The standard InChI is InChI=1S/C21H21N5O2S/c1-2-17-5-3-4-6-18(17)29-14-20(27)26(13-19-24-25-21(23)28-19)12-16-9-7-15(11-22)8-10-16/h3-10H,2,12-14H2,1H3,(H2,23,25). The van der Waals surface area contributed by atoms with Gasteiger partial charge in [0, 0.05) is 11.4 Å². The Bertz CT molecular complexity index is 1010. The van der Waals surface area contributed by atoms with E-state index >= 15 is 0 Å². The largest absolute Gasteiger partial charge is 0.406 e. The molecule has 7 nitrogen and oxygen atoms in total. The smallest absolute Gasteiger partial charge is 0.312 e. The van der Waals surface area contributed by atoms with E-state index in [1.54, 1.807) is 17.0 Å². The van der Waals surface area contributed by atoms with Crippen LogP contribution in [0.1, 0.15) is 29.5 Å². The molecule has 0 radical (unpaired) electrons. The summed E-state index contributed by atoms with van der Waals surface area (Å²) >= 11 is 1.51. The number of aromatic nitrogens is 2. The van der Waals surface area contributed by atoms with Gasteiger partial charge >= 0.3 is 6.01 Å². The SMILES string of the molecule is CCc1ccccc1SCC(=O)N(Cc1ccc(C#N)cc1)Cc1nnc(N)o1. The van der Waals surface area contributed by atoms with E-state index in [9.17, 15) is 4.79 Å². The van der Waals surface area contributed by atoms with Crippen molar-refractivity contribution in [2.45, 2.75) is 31.3 Å². The molecule has 8 heteroatoms. The molecule has 1 amide bonds. The first-order valence-electron chi connectivity index (χ1n) is 9.14. The van der Waals surface area contributed by atoms with Gasteiger partial charge in [0.05, 0.1) is 23.9 Å². The fourth-order valence-corrected chi connectivity index (χ4v) is 3.83. The second kappa shape index (κ2) is 9.75. The molecule has 0 bridgehead atoms. The highest BCUT2D eigenvalue weighted by molar-refractivity contribution is 8.00. The van der Waals surface area contributed by atoms with Crippen LogP contribution in [-0.2, 0) is 24.3 Å². The summed E-state index contributed by atoms with van der Waals surface area (Å²) in [5.41, 5.74) is 8.20. The van der Waals surface area contributed by atoms with E-state index in [2.05, 4.69) is 29.3 Å². The third kappa shape index (κ3) is 5.59. The number of thioether (sulfide) groups is 1. The number of aryl methyl sites for hydroxylation is 1. The van der Waals surface area contributed by atoms with E-state index < -0.39 is 0 Å². The van der Waals surface area contributed by atoms with Gasteiger partial charge < -0.3 is 15.1 Å². The maximum Gasteiger partial charge on any atom is 0.312 e. The summed E-state index contributed by atoms with van der Waals surface area (Å²) in [4.78, 5) is 15.7. The minimum Gasteiger partial charge on any atom is -0.406 e. The summed E-state index contributed by atoms with van der Waals surface area (Å²) in [6.45, 7) is 2.63. The number of carbonyl (C=O) groups is 1. The predicted octanol–water partition coefficient (Wildman–Crippen LogP) is 3.41. The lowest BCUT2D eigenvalue weighted by Crippen LogP contribution is -2.31. The van der Waals surface area contributed by atoms with Gasteiger partial charge in [-0.1, -0.05) is 42.4 Å². The molecule has 0 saturated heterocycles. The molecule has 0 atom stereocenters. The number of amides is 1. The molecule has 2 N–H and O–H groups in total. The molecule has 29 heavy (non-hydrogen) atoms. The van der Waals surface area contributed by atoms with Crippen LogP contribution < -0.4 is 5.73 Å². The minimum absolute atomic E-state index is 0.0305. The Morgan fingerprint density at radius 3 is 2.59 bits per heavy atom. The van der Waals surface area contributed by atoms with Crippen LogP contribution in [0.25, 0.3) is 0 Å². The molecule has 0 spiro atoms. The molecule has 0 unspecified atom stereocenters. The van der Waals surface area contributed by atoms with Crippen molar-refractivity contribution in [1.82, 2.24) is 15.1 Å². The number of anilines is 1. The van der Waals surface area contributed by atoms with Gasteiger partial charge in [0.15, 0.2) is 0 Å². The Hall–Kier alpha value is -3.31. The summed E-state index contributed by atoms with van der Waals surface area (Å²) < 4.78 is 5.25. The lowest BCUT2D eigenvalue weighted by atomic mass is 10.1. The number of nitriles is 1. The Morgan fingerprint density at radius 2 is 1.93 bits per heavy atom. The van der Waals surface area contributed by atoms with Gasteiger partial charge in [-0.15, -0.1) is 16.9 Å². The van der Waals surface area contributed by atoms with Crippen molar-refractivity contribution >= 4 is 23.7 Å². The van der Waals surface area contributed by atoms with Crippen LogP contribution in [0.2, 0.25) is 0 Å². The van der Waals surface area contributed by atoms with Gasteiger partial charge in [-0.2, -0.15) is 5.26 Å². The quantitative estimate of drug-likeness (QED) is 0.570. The molecule has 3 aromatic rings. The molecule has 0 aliphatic heterocycles. The minimum atomic E-state index is -0.0537. The van der Waals surface area contributed by atoms with Crippen molar-refractivity contribution < 1.29 is 9.21 Å². The Morgan fingerprint density at radius 1 is 1.17 bits per heavy atom.